The fraction of sp³-hybridized carbons (Fsp3) is 0.533. The Labute approximate surface area is 126 Å². The van der Waals surface area contributed by atoms with Gasteiger partial charge in [-0.3, -0.25) is 4.79 Å². The molecule has 3 nitrogen and oxygen atoms in total. The van der Waals surface area contributed by atoms with Crippen molar-refractivity contribution in [3.05, 3.63) is 22.4 Å². The Morgan fingerprint density at radius 2 is 2.20 bits per heavy atom. The second kappa shape index (κ2) is 4.83. The van der Waals surface area contributed by atoms with Crippen LogP contribution in [0.2, 0.25) is 0 Å². The quantitative estimate of drug-likeness (QED) is 0.879. The molecule has 1 aliphatic heterocycles. The third-order valence-corrected chi connectivity index (χ3v) is 6.87. The first kappa shape index (κ1) is 12.8. The molecule has 2 aromatic heterocycles. The number of amides is 1. The fourth-order valence-corrected chi connectivity index (χ4v) is 5.79. The molecule has 20 heavy (non-hydrogen) atoms. The lowest BCUT2D eigenvalue weighted by molar-refractivity contribution is 0.0788. The van der Waals surface area contributed by atoms with Crippen LogP contribution in [0.1, 0.15) is 28.9 Å². The molecule has 106 valence electrons. The average Bonchev–Trinajstić information content (AvgIpc) is 3.11. The fourth-order valence-electron chi connectivity index (χ4n) is 3.71. The first-order valence-electron chi connectivity index (χ1n) is 7.24. The molecule has 2 aliphatic rings. The second-order valence-corrected chi connectivity index (χ2v) is 8.02. The smallest absolute Gasteiger partial charge is 0.264 e. The normalized spacial score (nSPS) is 29.9. The zero-order chi connectivity index (χ0) is 13.7. The Balaban J connectivity index is 1.56. The van der Waals surface area contributed by atoms with Crippen LogP contribution in [0.3, 0.4) is 0 Å². The summed E-state index contributed by atoms with van der Waals surface area (Å²) in [6.07, 6.45) is 3.58. The summed E-state index contributed by atoms with van der Waals surface area (Å²) in [5.74, 6) is 1.36. The van der Waals surface area contributed by atoms with Gasteiger partial charge in [-0.25, -0.2) is 0 Å². The van der Waals surface area contributed by atoms with E-state index in [0.29, 0.717) is 17.9 Å². The van der Waals surface area contributed by atoms with Gasteiger partial charge in [0.25, 0.3) is 5.91 Å². The van der Waals surface area contributed by atoms with Crippen LogP contribution in [0.25, 0.3) is 9.40 Å². The molecular weight excluding hydrogens is 288 g/mol. The molecule has 0 radical (unpaired) electrons. The molecule has 1 aliphatic carbocycles. The van der Waals surface area contributed by atoms with Gasteiger partial charge in [-0.05, 0) is 42.2 Å². The Morgan fingerprint density at radius 1 is 1.30 bits per heavy atom. The van der Waals surface area contributed by atoms with E-state index in [9.17, 15) is 4.79 Å². The molecule has 0 aromatic carbocycles. The largest absolute Gasteiger partial charge is 0.337 e. The highest BCUT2D eigenvalue weighted by Gasteiger charge is 2.40. The number of nitrogens with two attached hydrogens (primary N) is 1. The van der Waals surface area contributed by atoms with Crippen molar-refractivity contribution in [3.63, 3.8) is 0 Å². The van der Waals surface area contributed by atoms with Gasteiger partial charge in [-0.1, -0.05) is 6.42 Å². The van der Waals surface area contributed by atoms with Gasteiger partial charge in [-0.2, -0.15) is 0 Å². The zero-order valence-corrected chi connectivity index (χ0v) is 12.9. The van der Waals surface area contributed by atoms with E-state index in [0.717, 1.165) is 24.4 Å². The standard InChI is InChI=1S/C15H18N2OS2/c16-11-3-1-2-9-7-17(8-10(9)11)15(18)14-6-13-12(20-14)4-5-19-13/h4-6,9-11H,1-3,7-8,16H2. The molecule has 2 N–H and O–H groups in total. The van der Waals surface area contributed by atoms with Crippen LogP contribution < -0.4 is 5.73 Å². The Morgan fingerprint density at radius 3 is 3.00 bits per heavy atom. The van der Waals surface area contributed by atoms with Gasteiger partial charge in [0.15, 0.2) is 0 Å². The number of likely N-dealkylation sites (tertiary alicyclic amines) is 1. The lowest BCUT2D eigenvalue weighted by Crippen LogP contribution is -2.38. The van der Waals surface area contributed by atoms with Crippen LogP contribution in [0.5, 0.6) is 0 Å². The summed E-state index contributed by atoms with van der Waals surface area (Å²) in [6, 6.07) is 4.44. The summed E-state index contributed by atoms with van der Waals surface area (Å²) < 4.78 is 2.46. The topological polar surface area (TPSA) is 46.3 Å². The van der Waals surface area contributed by atoms with Crippen molar-refractivity contribution >= 4 is 38.0 Å². The number of hydrogen-bond acceptors (Lipinski definition) is 4. The molecule has 2 fully saturated rings. The predicted molar refractivity (Wildman–Crippen MR) is 84.4 cm³/mol. The number of carbonyl (C=O) groups excluding carboxylic acids is 1. The van der Waals surface area contributed by atoms with Crippen LogP contribution >= 0.6 is 22.7 Å². The third kappa shape index (κ3) is 2.00. The Kier molecular flexibility index (Phi) is 3.09. The zero-order valence-electron chi connectivity index (χ0n) is 11.2. The van der Waals surface area contributed by atoms with Crippen molar-refractivity contribution in [2.24, 2.45) is 17.6 Å². The molecule has 0 spiro atoms. The van der Waals surface area contributed by atoms with Gasteiger partial charge in [0.05, 0.1) is 4.88 Å². The van der Waals surface area contributed by atoms with Gasteiger partial charge in [0, 0.05) is 28.5 Å². The number of fused-ring (bicyclic) bond motifs is 2. The van der Waals surface area contributed by atoms with Crippen molar-refractivity contribution in [3.8, 4) is 0 Å². The molecule has 1 saturated heterocycles. The molecule has 1 amide bonds. The molecule has 0 bridgehead atoms. The summed E-state index contributed by atoms with van der Waals surface area (Å²) >= 11 is 3.33. The monoisotopic (exact) mass is 306 g/mol. The molecule has 4 rings (SSSR count). The van der Waals surface area contributed by atoms with Crippen molar-refractivity contribution in [1.29, 1.82) is 0 Å². The molecule has 3 atom stereocenters. The van der Waals surface area contributed by atoms with Crippen LogP contribution in [0.4, 0.5) is 0 Å². The van der Waals surface area contributed by atoms with E-state index in [1.54, 1.807) is 22.7 Å². The maximum absolute atomic E-state index is 12.7. The highest BCUT2D eigenvalue weighted by molar-refractivity contribution is 7.27. The minimum atomic E-state index is 0.208. The van der Waals surface area contributed by atoms with E-state index in [2.05, 4.69) is 17.5 Å². The summed E-state index contributed by atoms with van der Waals surface area (Å²) in [7, 11) is 0. The number of nitrogens with zero attached hydrogens (tertiary/aromatic N) is 1. The summed E-state index contributed by atoms with van der Waals surface area (Å²) in [5, 5.41) is 2.08. The molecule has 1 saturated carbocycles. The van der Waals surface area contributed by atoms with Crippen LogP contribution in [0, 0.1) is 11.8 Å². The van der Waals surface area contributed by atoms with Gasteiger partial charge in [0.2, 0.25) is 0 Å². The highest BCUT2D eigenvalue weighted by atomic mass is 32.1. The first-order chi connectivity index (χ1) is 9.72. The van der Waals surface area contributed by atoms with Crippen LogP contribution in [-0.2, 0) is 0 Å². The maximum atomic E-state index is 12.7. The lowest BCUT2D eigenvalue weighted by Gasteiger charge is -2.29. The van der Waals surface area contributed by atoms with E-state index < -0.39 is 0 Å². The van der Waals surface area contributed by atoms with Crippen molar-refractivity contribution in [2.45, 2.75) is 25.3 Å². The minimum Gasteiger partial charge on any atom is -0.337 e. The summed E-state index contributed by atoms with van der Waals surface area (Å²) in [4.78, 5) is 15.6. The summed E-state index contributed by atoms with van der Waals surface area (Å²) in [5.41, 5.74) is 6.23. The van der Waals surface area contributed by atoms with Crippen LogP contribution in [0.15, 0.2) is 17.5 Å². The first-order valence-corrected chi connectivity index (χ1v) is 8.94. The SMILES string of the molecule is NC1CCCC2CN(C(=O)c3cc4sccc4s3)CC12. The molecule has 2 aromatic rings. The van der Waals surface area contributed by atoms with Gasteiger partial charge < -0.3 is 10.6 Å². The minimum absolute atomic E-state index is 0.208. The lowest BCUT2D eigenvalue weighted by atomic mass is 9.78. The van der Waals surface area contributed by atoms with Crippen LogP contribution in [-0.4, -0.2) is 29.9 Å². The second-order valence-electron chi connectivity index (χ2n) is 5.99. The van der Waals surface area contributed by atoms with E-state index in [4.69, 9.17) is 5.73 Å². The van der Waals surface area contributed by atoms with Crippen molar-refractivity contribution < 1.29 is 4.79 Å². The van der Waals surface area contributed by atoms with E-state index in [-0.39, 0.29) is 5.91 Å². The molecule has 5 heteroatoms. The predicted octanol–water partition coefficient (Wildman–Crippen LogP) is 3.16. The Hall–Kier alpha value is -0.910. The van der Waals surface area contributed by atoms with Crippen molar-refractivity contribution in [2.75, 3.05) is 13.1 Å². The van der Waals surface area contributed by atoms with E-state index >= 15 is 0 Å². The molecule has 3 unspecified atom stereocenters. The van der Waals surface area contributed by atoms with E-state index in [1.165, 1.54) is 22.2 Å². The number of carbonyl (C=O) groups is 1. The van der Waals surface area contributed by atoms with Gasteiger partial charge >= 0.3 is 0 Å². The molecule has 3 heterocycles. The maximum Gasteiger partial charge on any atom is 0.264 e. The summed E-state index contributed by atoms with van der Waals surface area (Å²) in [6.45, 7) is 1.76. The van der Waals surface area contributed by atoms with Crippen molar-refractivity contribution in [1.82, 2.24) is 4.90 Å². The number of thiophene rings is 2. The third-order valence-electron chi connectivity index (χ3n) is 4.79. The highest BCUT2D eigenvalue weighted by Crippen LogP contribution is 2.37. The van der Waals surface area contributed by atoms with Gasteiger partial charge in [-0.15, -0.1) is 22.7 Å². The van der Waals surface area contributed by atoms with E-state index in [1.807, 2.05) is 4.90 Å². The number of rotatable bonds is 1. The number of hydrogen-bond donors (Lipinski definition) is 1. The molecular formula is C15H18N2OS2. The Bertz CT molecular complexity index is 619. The average molecular weight is 306 g/mol. The van der Waals surface area contributed by atoms with Gasteiger partial charge in [0.1, 0.15) is 0 Å².